The molecular formula is C16H21N3. The van der Waals surface area contributed by atoms with Gasteiger partial charge in [0.05, 0.1) is 17.9 Å². The zero-order valence-corrected chi connectivity index (χ0v) is 11.8. The Balaban J connectivity index is 2.10. The number of aromatic nitrogens is 1. The third-order valence-electron chi connectivity index (χ3n) is 3.16. The van der Waals surface area contributed by atoms with E-state index in [2.05, 4.69) is 47.6 Å². The molecule has 2 aromatic rings. The third kappa shape index (κ3) is 3.47. The molecule has 0 saturated heterocycles. The normalized spacial score (nSPS) is 11.9. The average Bonchev–Trinajstić information content (AvgIpc) is 2.46. The highest BCUT2D eigenvalue weighted by Gasteiger charge is 2.08. The number of nitrogens with zero attached hydrogens (tertiary/aromatic N) is 2. The molecule has 19 heavy (non-hydrogen) atoms. The Labute approximate surface area is 115 Å². The number of hydrogen-bond donors (Lipinski definition) is 1. The van der Waals surface area contributed by atoms with Gasteiger partial charge in [-0.3, -0.25) is 0 Å². The van der Waals surface area contributed by atoms with Crippen LogP contribution in [0.25, 0.3) is 0 Å². The van der Waals surface area contributed by atoms with E-state index in [0.717, 1.165) is 17.9 Å². The van der Waals surface area contributed by atoms with Gasteiger partial charge in [0, 0.05) is 14.1 Å². The lowest BCUT2D eigenvalue weighted by Gasteiger charge is -2.19. The minimum Gasteiger partial charge on any atom is -0.377 e. The molecule has 2 rings (SSSR count). The summed E-state index contributed by atoms with van der Waals surface area (Å²) in [4.78, 5) is 6.42. The Hall–Kier alpha value is -2.03. The molecule has 0 radical (unpaired) electrons. The van der Waals surface area contributed by atoms with Crippen LogP contribution in [0.3, 0.4) is 0 Å². The van der Waals surface area contributed by atoms with Gasteiger partial charge in [0.2, 0.25) is 0 Å². The Morgan fingerprint density at radius 3 is 2.37 bits per heavy atom. The van der Waals surface area contributed by atoms with Gasteiger partial charge in [-0.15, -0.1) is 0 Å². The van der Waals surface area contributed by atoms with Crippen molar-refractivity contribution in [1.29, 1.82) is 0 Å². The van der Waals surface area contributed by atoms with Crippen LogP contribution in [0.1, 0.15) is 24.9 Å². The second-order valence-corrected chi connectivity index (χ2v) is 4.82. The predicted molar refractivity (Wildman–Crippen MR) is 81.7 cm³/mol. The van der Waals surface area contributed by atoms with Crippen LogP contribution in [-0.2, 0) is 0 Å². The summed E-state index contributed by atoms with van der Waals surface area (Å²) in [5, 5.41) is 3.53. The average molecular weight is 255 g/mol. The van der Waals surface area contributed by atoms with Crippen molar-refractivity contribution in [2.24, 2.45) is 0 Å². The van der Waals surface area contributed by atoms with Crippen LogP contribution < -0.4 is 10.2 Å². The van der Waals surface area contributed by atoms with Gasteiger partial charge in [-0.1, -0.05) is 37.3 Å². The molecule has 0 saturated carbocycles. The molecule has 100 valence electrons. The maximum absolute atomic E-state index is 4.42. The number of rotatable bonds is 5. The summed E-state index contributed by atoms with van der Waals surface area (Å²) in [5.41, 5.74) is 2.36. The van der Waals surface area contributed by atoms with E-state index in [-0.39, 0.29) is 0 Å². The minimum absolute atomic E-state index is 0.327. The smallest absolute Gasteiger partial charge is 0.128 e. The summed E-state index contributed by atoms with van der Waals surface area (Å²) >= 11 is 0. The molecule has 0 fully saturated rings. The lowest BCUT2D eigenvalue weighted by Crippen LogP contribution is -2.12. The molecular weight excluding hydrogens is 234 g/mol. The highest BCUT2D eigenvalue weighted by atomic mass is 15.1. The standard InChI is InChI=1S/C16H21N3/c1-4-15(13-8-6-5-7-9-13)18-14-10-11-16(17-12-14)19(2)3/h5-12,15,18H,4H2,1-3H3. The van der Waals surface area contributed by atoms with Crippen molar-refractivity contribution in [3.05, 3.63) is 54.2 Å². The van der Waals surface area contributed by atoms with Gasteiger partial charge in [-0.05, 0) is 24.1 Å². The Morgan fingerprint density at radius 1 is 1.11 bits per heavy atom. The fourth-order valence-electron chi connectivity index (χ4n) is 2.04. The van der Waals surface area contributed by atoms with Crippen molar-refractivity contribution >= 4 is 11.5 Å². The van der Waals surface area contributed by atoms with Crippen LogP contribution in [0.2, 0.25) is 0 Å². The molecule has 1 N–H and O–H groups in total. The summed E-state index contributed by atoms with van der Waals surface area (Å²) in [6.07, 6.45) is 2.93. The molecule has 1 aromatic carbocycles. The molecule has 0 amide bonds. The molecule has 1 heterocycles. The van der Waals surface area contributed by atoms with E-state index in [0.29, 0.717) is 6.04 Å². The molecule has 0 aliphatic carbocycles. The first-order valence-electron chi connectivity index (χ1n) is 6.65. The Morgan fingerprint density at radius 2 is 1.84 bits per heavy atom. The third-order valence-corrected chi connectivity index (χ3v) is 3.16. The predicted octanol–water partition coefficient (Wildman–Crippen LogP) is 3.71. The molecule has 1 atom stereocenters. The first-order chi connectivity index (χ1) is 9.20. The second-order valence-electron chi connectivity index (χ2n) is 4.82. The number of hydrogen-bond acceptors (Lipinski definition) is 3. The van der Waals surface area contributed by atoms with E-state index in [4.69, 9.17) is 0 Å². The Bertz CT molecular complexity index is 491. The topological polar surface area (TPSA) is 28.2 Å². The van der Waals surface area contributed by atoms with Crippen molar-refractivity contribution in [1.82, 2.24) is 4.98 Å². The summed E-state index contributed by atoms with van der Waals surface area (Å²) < 4.78 is 0. The first kappa shape index (κ1) is 13.4. The van der Waals surface area contributed by atoms with Gasteiger partial charge in [-0.2, -0.15) is 0 Å². The molecule has 0 spiro atoms. The highest BCUT2D eigenvalue weighted by Crippen LogP contribution is 2.22. The molecule has 3 heteroatoms. The van der Waals surface area contributed by atoms with E-state index in [1.165, 1.54) is 5.56 Å². The summed E-state index contributed by atoms with van der Waals surface area (Å²) in [6, 6.07) is 14.9. The minimum atomic E-state index is 0.327. The number of benzene rings is 1. The molecule has 1 aromatic heterocycles. The zero-order valence-electron chi connectivity index (χ0n) is 11.8. The Kier molecular flexibility index (Phi) is 4.39. The van der Waals surface area contributed by atoms with Gasteiger partial charge < -0.3 is 10.2 Å². The van der Waals surface area contributed by atoms with E-state index in [9.17, 15) is 0 Å². The fraction of sp³-hybridized carbons (Fsp3) is 0.312. The van der Waals surface area contributed by atoms with E-state index in [1.807, 2.05) is 37.3 Å². The SMILES string of the molecule is CCC(Nc1ccc(N(C)C)nc1)c1ccccc1. The number of pyridine rings is 1. The summed E-state index contributed by atoms with van der Waals surface area (Å²) in [6.45, 7) is 2.19. The van der Waals surface area contributed by atoms with E-state index in [1.54, 1.807) is 0 Å². The van der Waals surface area contributed by atoms with Gasteiger partial charge in [0.1, 0.15) is 5.82 Å². The van der Waals surface area contributed by atoms with Crippen LogP contribution in [0.4, 0.5) is 11.5 Å². The van der Waals surface area contributed by atoms with Gasteiger partial charge in [-0.25, -0.2) is 4.98 Å². The van der Waals surface area contributed by atoms with Gasteiger partial charge in [0.25, 0.3) is 0 Å². The molecule has 1 unspecified atom stereocenters. The molecule has 0 aliphatic heterocycles. The summed E-state index contributed by atoms with van der Waals surface area (Å²) in [5.74, 6) is 0.971. The van der Waals surface area contributed by atoms with Gasteiger partial charge >= 0.3 is 0 Å². The van der Waals surface area contributed by atoms with Crippen LogP contribution >= 0.6 is 0 Å². The molecule has 0 bridgehead atoms. The monoisotopic (exact) mass is 255 g/mol. The molecule has 3 nitrogen and oxygen atoms in total. The van der Waals surface area contributed by atoms with Crippen molar-refractivity contribution in [3.63, 3.8) is 0 Å². The van der Waals surface area contributed by atoms with Crippen molar-refractivity contribution in [2.45, 2.75) is 19.4 Å². The molecule has 0 aliphatic rings. The summed E-state index contributed by atoms with van der Waals surface area (Å²) in [7, 11) is 3.99. The van der Waals surface area contributed by atoms with Crippen LogP contribution in [-0.4, -0.2) is 19.1 Å². The van der Waals surface area contributed by atoms with Crippen molar-refractivity contribution in [3.8, 4) is 0 Å². The second kappa shape index (κ2) is 6.23. The number of anilines is 2. The van der Waals surface area contributed by atoms with E-state index < -0.39 is 0 Å². The van der Waals surface area contributed by atoms with Crippen LogP contribution in [0, 0.1) is 0 Å². The maximum atomic E-state index is 4.42. The quantitative estimate of drug-likeness (QED) is 0.882. The van der Waals surface area contributed by atoms with E-state index >= 15 is 0 Å². The van der Waals surface area contributed by atoms with Crippen molar-refractivity contribution < 1.29 is 0 Å². The van der Waals surface area contributed by atoms with Crippen LogP contribution in [0.15, 0.2) is 48.7 Å². The number of nitrogens with one attached hydrogen (secondary N) is 1. The highest BCUT2D eigenvalue weighted by molar-refractivity contribution is 5.49. The lowest BCUT2D eigenvalue weighted by atomic mass is 10.0. The van der Waals surface area contributed by atoms with Crippen LogP contribution in [0.5, 0.6) is 0 Å². The van der Waals surface area contributed by atoms with Crippen molar-refractivity contribution in [2.75, 3.05) is 24.3 Å². The van der Waals surface area contributed by atoms with Gasteiger partial charge in [0.15, 0.2) is 0 Å². The maximum Gasteiger partial charge on any atom is 0.128 e. The first-order valence-corrected chi connectivity index (χ1v) is 6.65. The zero-order chi connectivity index (χ0) is 13.7. The fourth-order valence-corrected chi connectivity index (χ4v) is 2.04. The largest absolute Gasteiger partial charge is 0.377 e. The lowest BCUT2D eigenvalue weighted by molar-refractivity contribution is 0.748.